The highest BCUT2D eigenvalue weighted by molar-refractivity contribution is 5.74. The summed E-state index contributed by atoms with van der Waals surface area (Å²) in [5.74, 6) is 0.883. The van der Waals surface area contributed by atoms with E-state index in [0.717, 1.165) is 60.8 Å². The van der Waals surface area contributed by atoms with E-state index >= 15 is 0 Å². The Balaban J connectivity index is 1.91. The SMILES string of the molecule is C/C(=C\C1=C(N)N([C@H]2CCCNC2)CCN1)c1c(C)cc(C#N)cc1O. The van der Waals surface area contributed by atoms with E-state index in [0.29, 0.717) is 11.6 Å². The highest BCUT2D eigenvalue weighted by Gasteiger charge is 2.25. The van der Waals surface area contributed by atoms with Crippen molar-refractivity contribution in [1.82, 2.24) is 15.5 Å². The van der Waals surface area contributed by atoms with E-state index in [4.69, 9.17) is 11.0 Å². The second-order valence-electron chi connectivity index (χ2n) is 7.05. The lowest BCUT2D eigenvalue weighted by Crippen LogP contribution is -2.52. The molecule has 2 aliphatic rings. The van der Waals surface area contributed by atoms with Crippen molar-refractivity contribution in [2.24, 2.45) is 5.73 Å². The second kappa shape index (κ2) is 7.71. The topological polar surface area (TPSA) is 97.3 Å². The smallest absolute Gasteiger partial charge is 0.124 e. The van der Waals surface area contributed by atoms with Crippen LogP contribution >= 0.6 is 0 Å². The maximum Gasteiger partial charge on any atom is 0.124 e. The fourth-order valence-corrected chi connectivity index (χ4v) is 3.92. The fraction of sp³-hybridized carbons (Fsp3) is 0.450. The average Bonchev–Trinajstić information content (AvgIpc) is 2.63. The maximum absolute atomic E-state index is 10.3. The molecule has 2 heterocycles. The normalized spacial score (nSPS) is 21.3. The van der Waals surface area contributed by atoms with Gasteiger partial charge < -0.3 is 26.4 Å². The van der Waals surface area contributed by atoms with E-state index in [1.807, 2.05) is 19.9 Å². The number of rotatable bonds is 3. The molecule has 26 heavy (non-hydrogen) atoms. The van der Waals surface area contributed by atoms with Crippen molar-refractivity contribution < 1.29 is 5.11 Å². The summed E-state index contributed by atoms with van der Waals surface area (Å²) in [6.45, 7) is 7.64. The van der Waals surface area contributed by atoms with E-state index in [-0.39, 0.29) is 5.75 Å². The van der Waals surface area contributed by atoms with E-state index in [9.17, 15) is 5.11 Å². The number of aromatic hydroxyl groups is 1. The lowest BCUT2D eigenvalue weighted by atomic mass is 9.97. The number of phenolic OH excluding ortho intramolecular Hbond substituents is 1. The van der Waals surface area contributed by atoms with Gasteiger partial charge in [0.15, 0.2) is 0 Å². The zero-order valence-electron chi connectivity index (χ0n) is 15.5. The number of hydrogen-bond donors (Lipinski definition) is 4. The molecule has 1 fully saturated rings. The van der Waals surface area contributed by atoms with Gasteiger partial charge in [-0.15, -0.1) is 0 Å². The first kappa shape index (κ1) is 18.2. The van der Waals surface area contributed by atoms with Gasteiger partial charge in [-0.3, -0.25) is 0 Å². The monoisotopic (exact) mass is 353 g/mol. The minimum atomic E-state index is 0.124. The largest absolute Gasteiger partial charge is 0.507 e. The molecule has 1 aromatic carbocycles. The molecule has 0 amide bonds. The van der Waals surface area contributed by atoms with Gasteiger partial charge in [0.2, 0.25) is 0 Å². The number of benzene rings is 1. The zero-order chi connectivity index (χ0) is 18.7. The van der Waals surface area contributed by atoms with Gasteiger partial charge in [0.1, 0.15) is 11.6 Å². The summed E-state index contributed by atoms with van der Waals surface area (Å²) in [6.07, 6.45) is 4.31. The third-order valence-corrected chi connectivity index (χ3v) is 5.16. The molecule has 6 nitrogen and oxygen atoms in total. The average molecular weight is 353 g/mol. The Morgan fingerprint density at radius 1 is 1.42 bits per heavy atom. The van der Waals surface area contributed by atoms with Crippen molar-refractivity contribution in [1.29, 1.82) is 5.26 Å². The molecule has 0 spiro atoms. The van der Waals surface area contributed by atoms with Crippen LogP contribution in [0.15, 0.2) is 29.7 Å². The van der Waals surface area contributed by atoms with Crippen LogP contribution in [0, 0.1) is 18.3 Å². The third kappa shape index (κ3) is 3.63. The molecule has 1 aromatic rings. The summed E-state index contributed by atoms with van der Waals surface area (Å²) < 4.78 is 0. The van der Waals surface area contributed by atoms with Gasteiger partial charge in [0, 0.05) is 31.2 Å². The van der Waals surface area contributed by atoms with Gasteiger partial charge in [0.25, 0.3) is 0 Å². The van der Waals surface area contributed by atoms with Crippen molar-refractivity contribution in [3.8, 4) is 11.8 Å². The van der Waals surface area contributed by atoms with E-state index in [1.54, 1.807) is 6.07 Å². The predicted molar refractivity (Wildman–Crippen MR) is 103 cm³/mol. The lowest BCUT2D eigenvalue weighted by Gasteiger charge is -2.40. The van der Waals surface area contributed by atoms with Crippen LogP contribution < -0.4 is 16.4 Å². The number of phenols is 1. The predicted octanol–water partition coefficient (Wildman–Crippen LogP) is 1.76. The van der Waals surface area contributed by atoms with Crippen molar-refractivity contribution in [2.45, 2.75) is 32.7 Å². The van der Waals surface area contributed by atoms with Crippen LogP contribution in [0.1, 0.15) is 36.5 Å². The number of hydrogen-bond acceptors (Lipinski definition) is 6. The summed E-state index contributed by atoms with van der Waals surface area (Å²) in [7, 11) is 0. The molecule has 0 aliphatic carbocycles. The van der Waals surface area contributed by atoms with Gasteiger partial charge in [-0.05, 0) is 62.6 Å². The van der Waals surface area contributed by atoms with Gasteiger partial charge in [-0.25, -0.2) is 0 Å². The summed E-state index contributed by atoms with van der Waals surface area (Å²) in [6, 6.07) is 5.80. The second-order valence-corrected chi connectivity index (χ2v) is 7.05. The molecule has 2 aliphatic heterocycles. The Bertz CT molecular complexity index is 761. The summed E-state index contributed by atoms with van der Waals surface area (Å²) in [5.41, 5.74) is 10.4. The molecule has 1 saturated heterocycles. The van der Waals surface area contributed by atoms with Gasteiger partial charge in [-0.1, -0.05) is 0 Å². The molecule has 0 bridgehead atoms. The van der Waals surface area contributed by atoms with Gasteiger partial charge in [0.05, 0.1) is 17.3 Å². The van der Waals surface area contributed by atoms with E-state index in [2.05, 4.69) is 21.6 Å². The van der Waals surface area contributed by atoms with Crippen LogP contribution in [0.4, 0.5) is 0 Å². The molecule has 5 N–H and O–H groups in total. The number of nitrogens with two attached hydrogens (primary N) is 1. The van der Waals surface area contributed by atoms with Gasteiger partial charge in [-0.2, -0.15) is 5.26 Å². The summed E-state index contributed by atoms with van der Waals surface area (Å²) in [5, 5.41) is 26.2. The van der Waals surface area contributed by atoms with Crippen molar-refractivity contribution in [3.63, 3.8) is 0 Å². The highest BCUT2D eigenvalue weighted by Crippen LogP contribution is 2.31. The van der Waals surface area contributed by atoms with Crippen LogP contribution in [0.25, 0.3) is 5.57 Å². The molecule has 0 saturated carbocycles. The maximum atomic E-state index is 10.3. The first-order valence-corrected chi connectivity index (χ1v) is 9.14. The first-order chi connectivity index (χ1) is 12.5. The quantitative estimate of drug-likeness (QED) is 0.661. The van der Waals surface area contributed by atoms with Crippen LogP contribution in [0.3, 0.4) is 0 Å². The number of nitrogens with one attached hydrogen (secondary N) is 2. The minimum Gasteiger partial charge on any atom is -0.507 e. The van der Waals surface area contributed by atoms with Crippen molar-refractivity contribution in [3.05, 3.63) is 46.4 Å². The molecular formula is C20H27N5O. The van der Waals surface area contributed by atoms with Crippen LogP contribution in [0.2, 0.25) is 0 Å². The number of allylic oxidation sites excluding steroid dienone is 2. The van der Waals surface area contributed by atoms with Crippen LogP contribution in [-0.4, -0.2) is 42.2 Å². The standard InChI is InChI=1S/C20H27N5O/c1-13-8-15(11-21)10-18(26)19(13)14(2)9-17-20(22)25(7-6-24-17)16-4-3-5-23-12-16/h8-10,16,23-24,26H,3-7,12,22H2,1-2H3/b14-9+/t16-/m0/s1. The summed E-state index contributed by atoms with van der Waals surface area (Å²) >= 11 is 0. The number of nitrogens with zero attached hydrogens (tertiary/aromatic N) is 2. The van der Waals surface area contributed by atoms with Crippen molar-refractivity contribution in [2.75, 3.05) is 26.2 Å². The Morgan fingerprint density at radius 3 is 2.88 bits per heavy atom. The molecule has 138 valence electrons. The van der Waals surface area contributed by atoms with E-state index in [1.165, 1.54) is 12.5 Å². The molecule has 1 atom stereocenters. The molecular weight excluding hydrogens is 326 g/mol. The third-order valence-electron chi connectivity index (χ3n) is 5.16. The lowest BCUT2D eigenvalue weighted by molar-refractivity contribution is 0.198. The van der Waals surface area contributed by atoms with Gasteiger partial charge >= 0.3 is 0 Å². The van der Waals surface area contributed by atoms with E-state index < -0.39 is 0 Å². The van der Waals surface area contributed by atoms with Crippen LogP contribution in [0.5, 0.6) is 5.75 Å². The molecule has 3 rings (SSSR count). The Hall–Kier alpha value is -2.65. The first-order valence-electron chi connectivity index (χ1n) is 9.14. The highest BCUT2D eigenvalue weighted by atomic mass is 16.3. The fourth-order valence-electron chi connectivity index (χ4n) is 3.92. The number of aryl methyl sites for hydroxylation is 1. The minimum absolute atomic E-state index is 0.124. The Labute approximate surface area is 155 Å². The zero-order valence-corrected chi connectivity index (χ0v) is 15.5. The Kier molecular flexibility index (Phi) is 5.38. The van der Waals surface area contributed by atoms with Crippen LogP contribution in [-0.2, 0) is 0 Å². The molecule has 0 aromatic heterocycles. The summed E-state index contributed by atoms with van der Waals surface area (Å²) in [4.78, 5) is 2.28. The molecule has 6 heteroatoms. The molecule has 0 radical (unpaired) electrons. The number of nitriles is 1. The number of piperidine rings is 1. The Morgan fingerprint density at radius 2 is 2.23 bits per heavy atom. The molecule has 0 unspecified atom stereocenters. The van der Waals surface area contributed by atoms with Crippen molar-refractivity contribution >= 4 is 5.57 Å².